The molecule has 0 aliphatic heterocycles. The molecule has 5 nitrogen and oxygen atoms in total. The maximum absolute atomic E-state index is 12.0. The molecule has 0 spiro atoms. The van der Waals surface area contributed by atoms with E-state index in [-0.39, 0.29) is 0 Å². The first kappa shape index (κ1) is 18.1. The Balaban J connectivity index is 2.48. The van der Waals surface area contributed by atoms with Crippen molar-refractivity contribution in [2.24, 2.45) is 0 Å². The van der Waals surface area contributed by atoms with Gasteiger partial charge in [0.15, 0.2) is 0 Å². The maximum Gasteiger partial charge on any atom is 0.240 e. The number of hydrogen-bond donors (Lipinski definition) is 2. The molecule has 0 aliphatic rings. The van der Waals surface area contributed by atoms with Crippen molar-refractivity contribution in [3.8, 4) is 0 Å². The fourth-order valence-corrected chi connectivity index (χ4v) is 2.95. The highest BCUT2D eigenvalue weighted by Gasteiger charge is 2.12. The molecule has 120 valence electrons. The van der Waals surface area contributed by atoms with E-state index in [9.17, 15) is 8.42 Å². The standard InChI is InChI=1S/C15H26N2O3S/c1-3-10-16-12-9-14-5-7-15(8-6-14)21(18,19)17-11-4-13-20-2/h5-8,16-17H,3-4,9-13H2,1-2H3. The van der Waals surface area contributed by atoms with Gasteiger partial charge in [-0.15, -0.1) is 0 Å². The minimum absolute atomic E-state index is 0.310. The predicted octanol–water partition coefficient (Wildman–Crippen LogP) is 1.54. The van der Waals surface area contributed by atoms with Crippen molar-refractivity contribution in [2.75, 3.05) is 33.4 Å². The molecule has 1 aromatic rings. The van der Waals surface area contributed by atoms with E-state index < -0.39 is 10.0 Å². The second-order valence-electron chi connectivity index (χ2n) is 4.89. The molecule has 1 aromatic carbocycles. The summed E-state index contributed by atoms with van der Waals surface area (Å²) in [5.41, 5.74) is 1.14. The Bertz CT molecular complexity index is 486. The predicted molar refractivity (Wildman–Crippen MR) is 85.0 cm³/mol. The van der Waals surface area contributed by atoms with Gasteiger partial charge in [0.25, 0.3) is 0 Å². The lowest BCUT2D eigenvalue weighted by Gasteiger charge is -2.08. The van der Waals surface area contributed by atoms with Gasteiger partial charge in [-0.05, 0) is 50.0 Å². The molecule has 2 N–H and O–H groups in total. The molecular weight excluding hydrogens is 288 g/mol. The lowest BCUT2D eigenvalue weighted by molar-refractivity contribution is 0.196. The maximum atomic E-state index is 12.0. The normalized spacial score (nSPS) is 11.7. The van der Waals surface area contributed by atoms with Crippen molar-refractivity contribution < 1.29 is 13.2 Å². The van der Waals surface area contributed by atoms with Crippen LogP contribution >= 0.6 is 0 Å². The number of rotatable bonds is 11. The summed E-state index contributed by atoms with van der Waals surface area (Å²) in [4.78, 5) is 0.310. The molecule has 0 aromatic heterocycles. The molecule has 0 aliphatic carbocycles. The van der Waals surface area contributed by atoms with Crippen molar-refractivity contribution >= 4 is 10.0 Å². The Morgan fingerprint density at radius 1 is 1.10 bits per heavy atom. The summed E-state index contributed by atoms with van der Waals surface area (Å²) in [5, 5.41) is 3.33. The molecule has 0 atom stereocenters. The monoisotopic (exact) mass is 314 g/mol. The number of methoxy groups -OCH3 is 1. The smallest absolute Gasteiger partial charge is 0.240 e. The molecule has 0 unspecified atom stereocenters. The van der Waals surface area contributed by atoms with Crippen LogP contribution in [-0.2, 0) is 21.2 Å². The van der Waals surface area contributed by atoms with Crippen molar-refractivity contribution in [3.63, 3.8) is 0 Å². The third-order valence-electron chi connectivity index (χ3n) is 3.07. The van der Waals surface area contributed by atoms with E-state index in [1.54, 1.807) is 19.2 Å². The summed E-state index contributed by atoms with van der Waals surface area (Å²) in [6.07, 6.45) is 2.68. The van der Waals surface area contributed by atoms with E-state index in [2.05, 4.69) is 17.0 Å². The van der Waals surface area contributed by atoms with Gasteiger partial charge in [-0.1, -0.05) is 19.1 Å². The second-order valence-corrected chi connectivity index (χ2v) is 6.66. The summed E-state index contributed by atoms with van der Waals surface area (Å²) in [6.45, 7) is 4.99. The topological polar surface area (TPSA) is 67.4 Å². The van der Waals surface area contributed by atoms with Crippen molar-refractivity contribution in [2.45, 2.75) is 31.1 Å². The highest BCUT2D eigenvalue weighted by Crippen LogP contribution is 2.10. The van der Waals surface area contributed by atoms with E-state index >= 15 is 0 Å². The quantitative estimate of drug-likeness (QED) is 0.608. The van der Waals surface area contributed by atoms with Gasteiger partial charge in [0.2, 0.25) is 10.0 Å². The fourth-order valence-electron chi connectivity index (χ4n) is 1.88. The number of ether oxygens (including phenoxy) is 1. The highest BCUT2D eigenvalue weighted by molar-refractivity contribution is 7.89. The van der Waals surface area contributed by atoms with Crippen LogP contribution in [0.5, 0.6) is 0 Å². The zero-order valence-corrected chi connectivity index (χ0v) is 13.7. The van der Waals surface area contributed by atoms with Gasteiger partial charge in [-0.2, -0.15) is 0 Å². The molecule has 0 bridgehead atoms. The van der Waals surface area contributed by atoms with Gasteiger partial charge in [0.1, 0.15) is 0 Å². The lowest BCUT2D eigenvalue weighted by Crippen LogP contribution is -2.25. The van der Waals surface area contributed by atoms with Crippen LogP contribution in [0.15, 0.2) is 29.2 Å². The second kappa shape index (κ2) is 9.89. The minimum Gasteiger partial charge on any atom is -0.385 e. The summed E-state index contributed by atoms with van der Waals surface area (Å²) in [5.74, 6) is 0. The zero-order valence-electron chi connectivity index (χ0n) is 12.9. The van der Waals surface area contributed by atoms with Crippen molar-refractivity contribution in [3.05, 3.63) is 29.8 Å². The molecule has 0 fully saturated rings. The summed E-state index contributed by atoms with van der Waals surface area (Å²) >= 11 is 0. The Kier molecular flexibility index (Phi) is 8.52. The molecule has 0 heterocycles. The molecular formula is C15H26N2O3S. The van der Waals surface area contributed by atoms with Crippen LogP contribution in [0, 0.1) is 0 Å². The van der Waals surface area contributed by atoms with Crippen LogP contribution in [-0.4, -0.2) is 41.8 Å². The van der Waals surface area contributed by atoms with Crippen LogP contribution in [0.4, 0.5) is 0 Å². The first-order valence-corrected chi connectivity index (χ1v) is 8.86. The summed E-state index contributed by atoms with van der Waals surface area (Å²) in [6, 6.07) is 7.07. The van der Waals surface area contributed by atoms with Crippen LogP contribution < -0.4 is 10.0 Å². The van der Waals surface area contributed by atoms with Gasteiger partial charge in [0.05, 0.1) is 4.90 Å². The van der Waals surface area contributed by atoms with E-state index in [0.717, 1.165) is 31.5 Å². The molecule has 1 rings (SSSR count). The Morgan fingerprint density at radius 3 is 2.43 bits per heavy atom. The summed E-state index contributed by atoms with van der Waals surface area (Å²) in [7, 11) is -1.81. The van der Waals surface area contributed by atoms with Gasteiger partial charge >= 0.3 is 0 Å². The number of nitrogens with one attached hydrogen (secondary N) is 2. The highest BCUT2D eigenvalue weighted by atomic mass is 32.2. The van der Waals surface area contributed by atoms with Gasteiger partial charge < -0.3 is 10.1 Å². The Labute approximate surface area is 128 Å². The largest absolute Gasteiger partial charge is 0.385 e. The van der Waals surface area contributed by atoms with Crippen molar-refractivity contribution in [1.82, 2.24) is 10.0 Å². The molecule has 0 saturated heterocycles. The number of sulfonamides is 1. The average Bonchev–Trinajstić information content (AvgIpc) is 2.49. The van der Waals surface area contributed by atoms with Crippen LogP contribution in [0.25, 0.3) is 0 Å². The minimum atomic E-state index is -3.41. The van der Waals surface area contributed by atoms with Gasteiger partial charge in [-0.25, -0.2) is 13.1 Å². The molecule has 21 heavy (non-hydrogen) atoms. The first-order valence-electron chi connectivity index (χ1n) is 7.38. The average molecular weight is 314 g/mol. The van der Waals surface area contributed by atoms with Gasteiger partial charge in [-0.3, -0.25) is 0 Å². The third kappa shape index (κ3) is 7.04. The SMILES string of the molecule is CCCNCCc1ccc(S(=O)(=O)NCCCOC)cc1. The van der Waals surface area contributed by atoms with E-state index in [4.69, 9.17) is 4.74 Å². The van der Waals surface area contributed by atoms with Gasteiger partial charge in [0, 0.05) is 20.3 Å². The van der Waals surface area contributed by atoms with E-state index in [1.807, 2.05) is 12.1 Å². The fraction of sp³-hybridized carbons (Fsp3) is 0.600. The molecule has 6 heteroatoms. The van der Waals surface area contributed by atoms with Crippen LogP contribution in [0.1, 0.15) is 25.3 Å². The molecule has 0 radical (unpaired) electrons. The lowest BCUT2D eigenvalue weighted by atomic mass is 10.1. The first-order chi connectivity index (χ1) is 10.1. The van der Waals surface area contributed by atoms with E-state index in [1.165, 1.54) is 0 Å². The van der Waals surface area contributed by atoms with E-state index in [0.29, 0.717) is 24.5 Å². The van der Waals surface area contributed by atoms with Crippen LogP contribution in [0.2, 0.25) is 0 Å². The number of hydrogen-bond acceptors (Lipinski definition) is 4. The molecule has 0 amide bonds. The number of benzene rings is 1. The van der Waals surface area contributed by atoms with Crippen molar-refractivity contribution in [1.29, 1.82) is 0 Å². The molecule has 0 saturated carbocycles. The third-order valence-corrected chi connectivity index (χ3v) is 4.55. The Hall–Kier alpha value is -0.950. The Morgan fingerprint density at radius 2 is 1.81 bits per heavy atom. The van der Waals surface area contributed by atoms with Crippen LogP contribution in [0.3, 0.4) is 0 Å². The zero-order chi connectivity index (χ0) is 15.6. The summed E-state index contributed by atoms with van der Waals surface area (Å²) < 4.78 is 31.5.